The SMILES string of the molecule is Cc1ccc(C)c(C(O)C2CCCN(C(=O)OC(C)(C)C)C2)c1. The number of aliphatic hydroxyl groups excluding tert-OH is 1. The summed E-state index contributed by atoms with van der Waals surface area (Å²) in [5, 5.41) is 10.8. The molecular formula is C19H29NO3. The Morgan fingerprint density at radius 1 is 1.35 bits per heavy atom. The summed E-state index contributed by atoms with van der Waals surface area (Å²) in [6.45, 7) is 10.9. The quantitative estimate of drug-likeness (QED) is 0.897. The Labute approximate surface area is 139 Å². The van der Waals surface area contributed by atoms with Gasteiger partial charge in [-0.1, -0.05) is 23.8 Å². The molecule has 1 aliphatic rings. The summed E-state index contributed by atoms with van der Waals surface area (Å²) in [6, 6.07) is 6.15. The van der Waals surface area contributed by atoms with Crippen LogP contribution in [0.1, 0.15) is 56.4 Å². The van der Waals surface area contributed by atoms with E-state index in [1.54, 1.807) is 4.90 Å². The maximum absolute atomic E-state index is 12.3. The molecule has 23 heavy (non-hydrogen) atoms. The average molecular weight is 319 g/mol. The first kappa shape index (κ1) is 17.8. The van der Waals surface area contributed by atoms with Crippen LogP contribution >= 0.6 is 0 Å². The van der Waals surface area contributed by atoms with Gasteiger partial charge in [-0.05, 0) is 58.6 Å². The van der Waals surface area contributed by atoms with Crippen molar-refractivity contribution in [1.29, 1.82) is 0 Å². The minimum atomic E-state index is -0.542. The Hall–Kier alpha value is -1.55. The molecule has 1 amide bonds. The van der Waals surface area contributed by atoms with Crippen molar-refractivity contribution in [3.8, 4) is 0 Å². The van der Waals surface area contributed by atoms with Crippen molar-refractivity contribution < 1.29 is 14.6 Å². The monoisotopic (exact) mass is 319 g/mol. The van der Waals surface area contributed by atoms with Gasteiger partial charge in [-0.25, -0.2) is 4.79 Å². The van der Waals surface area contributed by atoms with E-state index in [0.717, 1.165) is 29.5 Å². The van der Waals surface area contributed by atoms with Gasteiger partial charge in [-0.2, -0.15) is 0 Å². The van der Waals surface area contributed by atoms with Crippen molar-refractivity contribution in [2.24, 2.45) is 5.92 Å². The summed E-state index contributed by atoms with van der Waals surface area (Å²) in [4.78, 5) is 14.0. The molecule has 2 atom stereocenters. The van der Waals surface area contributed by atoms with Crippen LogP contribution in [0, 0.1) is 19.8 Å². The van der Waals surface area contributed by atoms with Crippen molar-refractivity contribution >= 4 is 6.09 Å². The number of aliphatic hydroxyl groups is 1. The topological polar surface area (TPSA) is 49.8 Å². The maximum Gasteiger partial charge on any atom is 0.410 e. The number of nitrogens with zero attached hydrogens (tertiary/aromatic N) is 1. The van der Waals surface area contributed by atoms with E-state index < -0.39 is 11.7 Å². The summed E-state index contributed by atoms with van der Waals surface area (Å²) in [7, 11) is 0. The molecule has 1 N–H and O–H groups in total. The van der Waals surface area contributed by atoms with Gasteiger partial charge < -0.3 is 14.7 Å². The van der Waals surface area contributed by atoms with Gasteiger partial charge in [0.25, 0.3) is 0 Å². The standard InChI is InChI=1S/C19H29NO3/c1-13-8-9-14(2)16(11-13)17(21)15-7-6-10-20(12-15)18(22)23-19(3,4)5/h8-9,11,15,17,21H,6-7,10,12H2,1-5H3. The number of ether oxygens (including phenoxy) is 1. The molecule has 1 aliphatic heterocycles. The fourth-order valence-electron chi connectivity index (χ4n) is 3.09. The fourth-order valence-corrected chi connectivity index (χ4v) is 3.09. The van der Waals surface area contributed by atoms with E-state index in [1.807, 2.05) is 46.8 Å². The van der Waals surface area contributed by atoms with E-state index in [2.05, 4.69) is 6.07 Å². The second-order valence-electron chi connectivity index (χ2n) is 7.63. The van der Waals surface area contributed by atoms with Gasteiger partial charge in [0.1, 0.15) is 5.60 Å². The average Bonchev–Trinajstić information content (AvgIpc) is 2.47. The molecule has 4 heteroatoms. The number of piperidine rings is 1. The van der Waals surface area contributed by atoms with Crippen molar-refractivity contribution in [3.63, 3.8) is 0 Å². The molecule has 128 valence electrons. The first-order valence-electron chi connectivity index (χ1n) is 8.40. The molecule has 0 spiro atoms. The van der Waals surface area contributed by atoms with Crippen LogP contribution in [0.5, 0.6) is 0 Å². The van der Waals surface area contributed by atoms with Crippen molar-refractivity contribution in [2.45, 2.75) is 59.2 Å². The molecular weight excluding hydrogens is 290 g/mol. The summed E-state index contributed by atoms with van der Waals surface area (Å²) in [5.74, 6) is 0.0526. The van der Waals surface area contributed by atoms with Crippen LogP contribution < -0.4 is 0 Å². The molecule has 1 fully saturated rings. The second kappa shape index (κ2) is 6.91. The minimum Gasteiger partial charge on any atom is -0.444 e. The number of aryl methyl sites for hydroxylation is 2. The van der Waals surface area contributed by atoms with E-state index in [-0.39, 0.29) is 12.0 Å². The number of hydrogen-bond acceptors (Lipinski definition) is 3. The van der Waals surface area contributed by atoms with E-state index in [9.17, 15) is 9.90 Å². The molecule has 0 aliphatic carbocycles. The molecule has 1 aromatic carbocycles. The molecule has 0 saturated carbocycles. The summed E-state index contributed by atoms with van der Waals surface area (Å²) in [6.07, 6.45) is 0.996. The Balaban J connectivity index is 2.08. The van der Waals surface area contributed by atoms with E-state index in [4.69, 9.17) is 4.74 Å². The highest BCUT2D eigenvalue weighted by atomic mass is 16.6. The van der Waals surface area contributed by atoms with E-state index >= 15 is 0 Å². The number of benzene rings is 1. The predicted molar refractivity (Wildman–Crippen MR) is 91.4 cm³/mol. The Kier molecular flexibility index (Phi) is 5.35. The third-order valence-corrected chi connectivity index (χ3v) is 4.31. The second-order valence-corrected chi connectivity index (χ2v) is 7.63. The minimum absolute atomic E-state index is 0.0526. The maximum atomic E-state index is 12.3. The zero-order chi connectivity index (χ0) is 17.2. The van der Waals surface area contributed by atoms with Crippen LogP contribution in [0.2, 0.25) is 0 Å². The highest BCUT2D eigenvalue weighted by Crippen LogP contribution is 2.32. The van der Waals surface area contributed by atoms with Crippen LogP contribution in [0.3, 0.4) is 0 Å². The lowest BCUT2D eigenvalue weighted by atomic mass is 9.86. The highest BCUT2D eigenvalue weighted by Gasteiger charge is 2.32. The van der Waals surface area contributed by atoms with Crippen LogP contribution in [-0.2, 0) is 4.74 Å². The molecule has 1 saturated heterocycles. The molecule has 2 unspecified atom stereocenters. The van der Waals surface area contributed by atoms with Crippen LogP contribution in [0.4, 0.5) is 4.79 Å². The Bertz CT molecular complexity index is 562. The molecule has 2 rings (SSSR count). The molecule has 4 nitrogen and oxygen atoms in total. The van der Waals surface area contributed by atoms with Crippen molar-refractivity contribution in [3.05, 3.63) is 34.9 Å². The van der Waals surface area contributed by atoms with Crippen molar-refractivity contribution in [1.82, 2.24) is 4.90 Å². The van der Waals surface area contributed by atoms with Gasteiger partial charge in [-0.3, -0.25) is 0 Å². The lowest BCUT2D eigenvalue weighted by molar-refractivity contribution is 0.00230. The summed E-state index contributed by atoms with van der Waals surface area (Å²) < 4.78 is 5.46. The number of hydrogen-bond donors (Lipinski definition) is 1. The van der Waals surface area contributed by atoms with Gasteiger partial charge in [0.15, 0.2) is 0 Å². The summed E-state index contributed by atoms with van der Waals surface area (Å²) in [5.41, 5.74) is 2.72. The normalized spacial score (nSPS) is 20.3. The molecule has 1 heterocycles. The Morgan fingerprint density at radius 3 is 2.70 bits per heavy atom. The van der Waals surface area contributed by atoms with E-state index in [0.29, 0.717) is 13.1 Å². The number of amides is 1. The number of carbonyl (C=O) groups is 1. The van der Waals surface area contributed by atoms with Gasteiger partial charge in [-0.15, -0.1) is 0 Å². The van der Waals surface area contributed by atoms with Gasteiger partial charge in [0.2, 0.25) is 0 Å². The van der Waals surface area contributed by atoms with Crippen LogP contribution in [0.15, 0.2) is 18.2 Å². The smallest absolute Gasteiger partial charge is 0.410 e. The number of rotatable bonds is 2. The lowest BCUT2D eigenvalue weighted by Gasteiger charge is -2.36. The van der Waals surface area contributed by atoms with Crippen LogP contribution in [-0.4, -0.2) is 34.8 Å². The first-order valence-corrected chi connectivity index (χ1v) is 8.40. The lowest BCUT2D eigenvalue weighted by Crippen LogP contribution is -2.44. The van der Waals surface area contributed by atoms with Crippen molar-refractivity contribution in [2.75, 3.05) is 13.1 Å². The van der Waals surface area contributed by atoms with Gasteiger partial charge in [0, 0.05) is 19.0 Å². The Morgan fingerprint density at radius 2 is 2.04 bits per heavy atom. The number of carbonyl (C=O) groups excluding carboxylic acids is 1. The zero-order valence-electron chi connectivity index (χ0n) is 14.9. The van der Waals surface area contributed by atoms with E-state index in [1.165, 1.54) is 0 Å². The van der Waals surface area contributed by atoms with Crippen LogP contribution in [0.25, 0.3) is 0 Å². The molecule has 0 aromatic heterocycles. The molecule has 0 radical (unpaired) electrons. The third kappa shape index (κ3) is 4.71. The fraction of sp³-hybridized carbons (Fsp3) is 0.632. The zero-order valence-corrected chi connectivity index (χ0v) is 14.9. The predicted octanol–water partition coefficient (Wildman–Crippen LogP) is 3.98. The molecule has 1 aromatic rings. The van der Waals surface area contributed by atoms with Gasteiger partial charge in [0.05, 0.1) is 6.10 Å². The highest BCUT2D eigenvalue weighted by molar-refractivity contribution is 5.68. The number of likely N-dealkylation sites (tertiary alicyclic amines) is 1. The molecule has 0 bridgehead atoms. The third-order valence-electron chi connectivity index (χ3n) is 4.31. The largest absolute Gasteiger partial charge is 0.444 e. The van der Waals surface area contributed by atoms with Gasteiger partial charge >= 0.3 is 6.09 Å². The summed E-state index contributed by atoms with van der Waals surface area (Å²) >= 11 is 0. The first-order chi connectivity index (χ1) is 10.7.